The molecule has 0 bridgehead atoms. The van der Waals surface area contributed by atoms with Gasteiger partial charge in [0.1, 0.15) is 6.04 Å². The largest absolute Gasteiger partial charge is 0.480 e. The molecule has 1 aliphatic carbocycles. The van der Waals surface area contributed by atoms with Crippen LogP contribution in [0, 0.1) is 19.8 Å². The molecule has 3 unspecified atom stereocenters. The van der Waals surface area contributed by atoms with E-state index in [9.17, 15) is 14.7 Å². The third kappa shape index (κ3) is 3.61. The molecule has 1 amide bonds. The second-order valence-electron chi connectivity index (χ2n) is 7.30. The number of fused-ring (bicyclic) bond motifs is 1. The van der Waals surface area contributed by atoms with Crippen molar-refractivity contribution >= 4 is 17.6 Å². The fourth-order valence-electron chi connectivity index (χ4n) is 4.44. The number of aliphatic carboxylic acids is 1. The highest BCUT2D eigenvalue weighted by molar-refractivity contribution is 5.93. The molecule has 0 aromatic heterocycles. The lowest BCUT2D eigenvalue weighted by Crippen LogP contribution is -2.46. The van der Waals surface area contributed by atoms with Crippen molar-refractivity contribution in [3.63, 3.8) is 0 Å². The lowest BCUT2D eigenvalue weighted by molar-refractivity contribution is -0.143. The molecule has 3 atom stereocenters. The Balaban J connectivity index is 1.70. The summed E-state index contributed by atoms with van der Waals surface area (Å²) in [6, 6.07) is 5.65. The molecule has 5 nitrogen and oxygen atoms in total. The number of rotatable bonds is 4. The highest BCUT2D eigenvalue weighted by atomic mass is 16.4. The monoisotopic (exact) mass is 330 g/mol. The number of likely N-dealkylation sites (tertiary alicyclic amines) is 1. The molecule has 0 radical (unpaired) electrons. The number of nitrogens with zero attached hydrogens (tertiary/aromatic N) is 1. The molecular formula is C19H26N2O3. The minimum Gasteiger partial charge on any atom is -0.480 e. The maximum atomic E-state index is 12.5. The van der Waals surface area contributed by atoms with Crippen LogP contribution >= 0.6 is 0 Å². The summed E-state index contributed by atoms with van der Waals surface area (Å²) in [6.45, 7) is 4.15. The number of carboxylic acid groups (broad SMARTS) is 1. The van der Waals surface area contributed by atoms with Crippen molar-refractivity contribution in [2.75, 3.05) is 11.9 Å². The zero-order chi connectivity index (χ0) is 17.3. The number of nitrogens with one attached hydrogen (secondary N) is 1. The molecule has 24 heavy (non-hydrogen) atoms. The number of benzene rings is 1. The van der Waals surface area contributed by atoms with E-state index in [1.807, 2.05) is 30.9 Å². The Morgan fingerprint density at radius 2 is 1.83 bits per heavy atom. The van der Waals surface area contributed by atoms with E-state index in [1.54, 1.807) is 0 Å². The van der Waals surface area contributed by atoms with Crippen molar-refractivity contribution < 1.29 is 14.7 Å². The van der Waals surface area contributed by atoms with Crippen molar-refractivity contribution in [2.24, 2.45) is 5.92 Å². The van der Waals surface area contributed by atoms with Crippen LogP contribution in [-0.4, -0.2) is 40.5 Å². The summed E-state index contributed by atoms with van der Waals surface area (Å²) in [5.41, 5.74) is 2.98. The van der Waals surface area contributed by atoms with E-state index in [0.29, 0.717) is 12.3 Å². The van der Waals surface area contributed by atoms with Crippen LogP contribution in [0.3, 0.4) is 0 Å². The van der Waals surface area contributed by atoms with E-state index in [1.165, 1.54) is 6.42 Å². The summed E-state index contributed by atoms with van der Waals surface area (Å²) in [5.74, 6) is -0.505. The normalized spacial score (nSPS) is 26.8. The van der Waals surface area contributed by atoms with E-state index in [4.69, 9.17) is 0 Å². The minimum atomic E-state index is -0.802. The Kier molecular flexibility index (Phi) is 4.90. The van der Waals surface area contributed by atoms with Gasteiger partial charge in [0, 0.05) is 11.7 Å². The summed E-state index contributed by atoms with van der Waals surface area (Å²) in [4.78, 5) is 26.0. The van der Waals surface area contributed by atoms with Crippen LogP contribution in [0.2, 0.25) is 0 Å². The number of hydrogen-bond donors (Lipinski definition) is 2. The van der Waals surface area contributed by atoms with Crippen molar-refractivity contribution in [1.82, 2.24) is 4.90 Å². The number of carbonyl (C=O) groups is 2. The predicted octanol–water partition coefficient (Wildman–Crippen LogP) is 2.96. The molecule has 2 aliphatic rings. The average molecular weight is 330 g/mol. The third-order valence-electron chi connectivity index (χ3n) is 5.34. The topological polar surface area (TPSA) is 69.6 Å². The zero-order valence-electron chi connectivity index (χ0n) is 14.4. The molecule has 1 aliphatic heterocycles. The van der Waals surface area contributed by atoms with Crippen LogP contribution < -0.4 is 5.32 Å². The van der Waals surface area contributed by atoms with Crippen LogP contribution in [0.15, 0.2) is 18.2 Å². The summed E-state index contributed by atoms with van der Waals surface area (Å²) < 4.78 is 0. The Hall–Kier alpha value is -1.88. The van der Waals surface area contributed by atoms with Gasteiger partial charge >= 0.3 is 5.97 Å². The number of amides is 1. The van der Waals surface area contributed by atoms with E-state index < -0.39 is 12.0 Å². The minimum absolute atomic E-state index is 0.127. The van der Waals surface area contributed by atoms with Crippen LogP contribution in [0.5, 0.6) is 0 Å². The van der Waals surface area contributed by atoms with E-state index in [2.05, 4.69) is 11.4 Å². The lowest BCUT2D eigenvalue weighted by Gasteiger charge is -2.32. The van der Waals surface area contributed by atoms with Gasteiger partial charge in [-0.1, -0.05) is 18.9 Å². The first kappa shape index (κ1) is 17.0. The Morgan fingerprint density at radius 3 is 2.50 bits per heavy atom. The Labute approximate surface area is 143 Å². The second-order valence-corrected chi connectivity index (χ2v) is 7.30. The molecule has 1 heterocycles. The molecule has 1 saturated carbocycles. The van der Waals surface area contributed by atoms with Gasteiger partial charge in [-0.25, -0.2) is 0 Å². The van der Waals surface area contributed by atoms with Crippen LogP contribution in [0.1, 0.15) is 43.2 Å². The molecule has 2 fully saturated rings. The van der Waals surface area contributed by atoms with Crippen molar-refractivity contribution in [2.45, 2.75) is 58.0 Å². The van der Waals surface area contributed by atoms with Crippen LogP contribution in [-0.2, 0) is 9.59 Å². The molecule has 1 aromatic carbocycles. The van der Waals surface area contributed by atoms with Crippen molar-refractivity contribution in [3.8, 4) is 0 Å². The van der Waals surface area contributed by atoms with Crippen molar-refractivity contribution in [3.05, 3.63) is 29.3 Å². The van der Waals surface area contributed by atoms with E-state index in [0.717, 1.165) is 36.1 Å². The predicted molar refractivity (Wildman–Crippen MR) is 93.0 cm³/mol. The quantitative estimate of drug-likeness (QED) is 0.890. The SMILES string of the molecule is Cc1cc(C)cc(NC(=O)CN2C(C(=O)O)CC3CCCCC32)c1. The van der Waals surface area contributed by atoms with Gasteiger partial charge in [0.05, 0.1) is 6.54 Å². The summed E-state index contributed by atoms with van der Waals surface area (Å²) >= 11 is 0. The second kappa shape index (κ2) is 6.93. The lowest BCUT2D eigenvalue weighted by atomic mass is 9.85. The molecule has 130 valence electrons. The average Bonchev–Trinajstić information content (AvgIpc) is 2.85. The molecule has 0 spiro atoms. The van der Waals surface area contributed by atoms with Gasteiger partial charge in [0.15, 0.2) is 0 Å². The van der Waals surface area contributed by atoms with Gasteiger partial charge in [0.25, 0.3) is 0 Å². The molecule has 1 aromatic rings. The van der Waals surface area contributed by atoms with Gasteiger partial charge in [-0.3, -0.25) is 14.5 Å². The Bertz CT molecular complexity index is 623. The number of carboxylic acids is 1. The fraction of sp³-hybridized carbons (Fsp3) is 0.579. The summed E-state index contributed by atoms with van der Waals surface area (Å²) in [6.07, 6.45) is 5.07. The van der Waals surface area contributed by atoms with Crippen molar-refractivity contribution in [1.29, 1.82) is 0 Å². The summed E-state index contributed by atoms with van der Waals surface area (Å²) in [5, 5.41) is 12.5. The Morgan fingerprint density at radius 1 is 1.17 bits per heavy atom. The highest BCUT2D eigenvalue weighted by Crippen LogP contribution is 2.39. The zero-order valence-corrected chi connectivity index (χ0v) is 14.4. The molecule has 2 N–H and O–H groups in total. The molecule has 5 heteroatoms. The van der Waals surface area contributed by atoms with Gasteiger partial charge in [0.2, 0.25) is 5.91 Å². The number of hydrogen-bond acceptors (Lipinski definition) is 3. The van der Waals surface area contributed by atoms with Gasteiger partial charge in [-0.2, -0.15) is 0 Å². The summed E-state index contributed by atoms with van der Waals surface area (Å²) in [7, 11) is 0. The maximum Gasteiger partial charge on any atom is 0.320 e. The highest BCUT2D eigenvalue weighted by Gasteiger charge is 2.45. The van der Waals surface area contributed by atoms with Crippen LogP contribution in [0.4, 0.5) is 5.69 Å². The van der Waals surface area contributed by atoms with E-state index in [-0.39, 0.29) is 18.5 Å². The van der Waals surface area contributed by atoms with Crippen LogP contribution in [0.25, 0.3) is 0 Å². The number of anilines is 1. The van der Waals surface area contributed by atoms with Gasteiger partial charge in [-0.05, 0) is 62.3 Å². The fourth-order valence-corrected chi connectivity index (χ4v) is 4.44. The van der Waals surface area contributed by atoms with E-state index >= 15 is 0 Å². The first-order chi connectivity index (χ1) is 11.4. The van der Waals surface area contributed by atoms with Gasteiger partial charge in [-0.15, -0.1) is 0 Å². The smallest absolute Gasteiger partial charge is 0.320 e. The number of aryl methyl sites for hydroxylation is 2. The standard InChI is InChI=1S/C19H26N2O3/c1-12-7-13(2)9-15(8-12)20-18(22)11-21-16-6-4-3-5-14(16)10-17(21)19(23)24/h7-9,14,16-17H,3-6,10-11H2,1-2H3,(H,20,22)(H,23,24). The first-order valence-corrected chi connectivity index (χ1v) is 8.81. The third-order valence-corrected chi connectivity index (χ3v) is 5.34. The molecular weight excluding hydrogens is 304 g/mol. The maximum absolute atomic E-state index is 12.5. The molecule has 1 saturated heterocycles. The molecule has 3 rings (SSSR count). The van der Waals surface area contributed by atoms with Gasteiger partial charge < -0.3 is 10.4 Å². The first-order valence-electron chi connectivity index (χ1n) is 8.81. The number of carbonyl (C=O) groups excluding carboxylic acids is 1.